The Bertz CT molecular complexity index is 797. The van der Waals surface area contributed by atoms with Gasteiger partial charge in [0.1, 0.15) is 5.75 Å². The van der Waals surface area contributed by atoms with Crippen LogP contribution in [-0.2, 0) is 11.3 Å². The van der Waals surface area contributed by atoms with Crippen molar-refractivity contribution in [3.8, 4) is 5.75 Å². The van der Waals surface area contributed by atoms with Crippen LogP contribution >= 0.6 is 11.6 Å². The molecule has 2 aromatic rings. The highest BCUT2D eigenvalue weighted by atomic mass is 35.5. The van der Waals surface area contributed by atoms with E-state index < -0.39 is 0 Å². The standard InChI is InChI=1S/C23H29ClN2O2/c1-17(2)22-9-8-21(14-18(22)3)28-16-23(27)26-12-10-25(11-13-26)15-19-4-6-20(24)7-5-19/h4-9,14,17H,10-13,15-16H2,1-3H3. The fraction of sp³-hybridized carbons (Fsp3) is 0.435. The van der Waals surface area contributed by atoms with Crippen LogP contribution in [0.15, 0.2) is 42.5 Å². The summed E-state index contributed by atoms with van der Waals surface area (Å²) in [6.45, 7) is 10.6. The zero-order valence-corrected chi connectivity index (χ0v) is 17.7. The molecule has 0 radical (unpaired) electrons. The highest BCUT2D eigenvalue weighted by Gasteiger charge is 2.21. The first-order valence-electron chi connectivity index (χ1n) is 9.90. The van der Waals surface area contributed by atoms with E-state index >= 15 is 0 Å². The minimum absolute atomic E-state index is 0.0525. The molecule has 1 heterocycles. The molecule has 1 saturated heterocycles. The maximum atomic E-state index is 12.5. The van der Waals surface area contributed by atoms with Crippen molar-refractivity contribution < 1.29 is 9.53 Å². The second-order valence-corrected chi connectivity index (χ2v) is 8.18. The number of amides is 1. The summed E-state index contributed by atoms with van der Waals surface area (Å²) in [5, 5.41) is 0.758. The molecule has 4 nitrogen and oxygen atoms in total. The molecule has 0 aromatic heterocycles. The highest BCUT2D eigenvalue weighted by molar-refractivity contribution is 6.30. The van der Waals surface area contributed by atoms with E-state index in [4.69, 9.17) is 16.3 Å². The molecule has 0 spiro atoms. The lowest BCUT2D eigenvalue weighted by Gasteiger charge is -2.34. The molecule has 0 bridgehead atoms. The quantitative estimate of drug-likeness (QED) is 0.715. The van der Waals surface area contributed by atoms with Crippen molar-refractivity contribution in [2.75, 3.05) is 32.8 Å². The third-order valence-electron chi connectivity index (χ3n) is 5.27. The number of benzene rings is 2. The Labute approximate surface area is 173 Å². The van der Waals surface area contributed by atoms with Crippen molar-refractivity contribution in [2.24, 2.45) is 0 Å². The van der Waals surface area contributed by atoms with E-state index in [0.717, 1.165) is 43.5 Å². The molecular weight excluding hydrogens is 372 g/mol. The fourth-order valence-electron chi connectivity index (χ4n) is 3.63. The van der Waals surface area contributed by atoms with E-state index in [2.05, 4.69) is 43.9 Å². The molecular formula is C23H29ClN2O2. The topological polar surface area (TPSA) is 32.8 Å². The number of carbonyl (C=O) groups is 1. The van der Waals surface area contributed by atoms with Gasteiger partial charge in [-0.05, 0) is 53.8 Å². The minimum atomic E-state index is 0.0525. The highest BCUT2D eigenvalue weighted by Crippen LogP contribution is 2.23. The van der Waals surface area contributed by atoms with Crippen molar-refractivity contribution in [2.45, 2.75) is 33.2 Å². The Morgan fingerprint density at radius 2 is 1.75 bits per heavy atom. The maximum Gasteiger partial charge on any atom is 0.260 e. The van der Waals surface area contributed by atoms with Crippen molar-refractivity contribution in [3.63, 3.8) is 0 Å². The van der Waals surface area contributed by atoms with Crippen LogP contribution in [0.4, 0.5) is 0 Å². The third-order valence-corrected chi connectivity index (χ3v) is 5.52. The van der Waals surface area contributed by atoms with Crippen LogP contribution < -0.4 is 4.74 Å². The second kappa shape index (κ2) is 9.44. The van der Waals surface area contributed by atoms with Crippen molar-refractivity contribution in [1.82, 2.24) is 9.80 Å². The van der Waals surface area contributed by atoms with Gasteiger partial charge in [-0.25, -0.2) is 0 Å². The predicted octanol–water partition coefficient (Wildman–Crippen LogP) is 4.50. The summed E-state index contributed by atoms with van der Waals surface area (Å²) in [6.07, 6.45) is 0. The number of ether oxygens (including phenoxy) is 1. The lowest BCUT2D eigenvalue weighted by atomic mass is 9.98. The molecule has 0 atom stereocenters. The molecule has 5 heteroatoms. The zero-order chi connectivity index (χ0) is 20.1. The van der Waals surface area contributed by atoms with Crippen LogP contribution in [0.1, 0.15) is 36.5 Å². The normalized spacial score (nSPS) is 15.1. The first-order chi connectivity index (χ1) is 13.4. The van der Waals surface area contributed by atoms with Crippen molar-refractivity contribution in [1.29, 1.82) is 0 Å². The van der Waals surface area contributed by atoms with Crippen LogP contribution in [-0.4, -0.2) is 48.5 Å². The second-order valence-electron chi connectivity index (χ2n) is 7.75. The summed E-state index contributed by atoms with van der Waals surface area (Å²) >= 11 is 5.94. The first kappa shape index (κ1) is 20.7. The van der Waals surface area contributed by atoms with Gasteiger partial charge in [-0.2, -0.15) is 0 Å². The Morgan fingerprint density at radius 1 is 1.07 bits per heavy atom. The predicted molar refractivity (Wildman–Crippen MR) is 114 cm³/mol. The van der Waals surface area contributed by atoms with E-state index in [1.807, 2.05) is 29.2 Å². The first-order valence-corrected chi connectivity index (χ1v) is 10.3. The molecule has 1 aliphatic heterocycles. The molecule has 0 aliphatic carbocycles. The number of piperazine rings is 1. The van der Waals surface area contributed by atoms with Gasteiger partial charge < -0.3 is 9.64 Å². The average Bonchev–Trinajstić information content (AvgIpc) is 2.68. The molecule has 2 aromatic carbocycles. The largest absolute Gasteiger partial charge is 0.484 e. The fourth-order valence-corrected chi connectivity index (χ4v) is 3.75. The summed E-state index contributed by atoms with van der Waals surface area (Å²) in [5.74, 6) is 1.30. The van der Waals surface area contributed by atoms with Gasteiger partial charge in [0.15, 0.2) is 6.61 Å². The zero-order valence-electron chi connectivity index (χ0n) is 17.0. The van der Waals surface area contributed by atoms with Gasteiger partial charge >= 0.3 is 0 Å². The van der Waals surface area contributed by atoms with Crippen LogP contribution in [0.5, 0.6) is 5.75 Å². The van der Waals surface area contributed by atoms with Gasteiger partial charge in [0, 0.05) is 37.7 Å². The molecule has 3 rings (SSSR count). The van der Waals surface area contributed by atoms with Crippen LogP contribution in [0.25, 0.3) is 0 Å². The van der Waals surface area contributed by atoms with Gasteiger partial charge in [-0.15, -0.1) is 0 Å². The summed E-state index contributed by atoms with van der Waals surface area (Å²) in [6, 6.07) is 14.0. The summed E-state index contributed by atoms with van der Waals surface area (Å²) in [4.78, 5) is 16.8. The summed E-state index contributed by atoms with van der Waals surface area (Å²) < 4.78 is 5.75. The van der Waals surface area contributed by atoms with Crippen LogP contribution in [0.3, 0.4) is 0 Å². The Kier molecular flexibility index (Phi) is 6.97. The number of halogens is 1. The molecule has 28 heavy (non-hydrogen) atoms. The Morgan fingerprint density at radius 3 is 2.36 bits per heavy atom. The molecule has 0 saturated carbocycles. The summed E-state index contributed by atoms with van der Waals surface area (Å²) in [5.41, 5.74) is 3.76. The SMILES string of the molecule is Cc1cc(OCC(=O)N2CCN(Cc3ccc(Cl)cc3)CC2)ccc1C(C)C. The van der Waals surface area contributed by atoms with Gasteiger partial charge in [0.2, 0.25) is 0 Å². The monoisotopic (exact) mass is 400 g/mol. The maximum absolute atomic E-state index is 12.5. The number of hydrogen-bond acceptors (Lipinski definition) is 3. The van der Waals surface area contributed by atoms with Gasteiger partial charge in [0.05, 0.1) is 0 Å². The molecule has 1 aliphatic rings. The average molecular weight is 401 g/mol. The molecule has 150 valence electrons. The van der Waals surface area contributed by atoms with Crippen molar-refractivity contribution >= 4 is 17.5 Å². The number of carbonyl (C=O) groups excluding carboxylic acids is 1. The lowest BCUT2D eigenvalue weighted by molar-refractivity contribution is -0.135. The number of aryl methyl sites for hydroxylation is 1. The van der Waals surface area contributed by atoms with Gasteiger partial charge in [-0.3, -0.25) is 9.69 Å². The van der Waals surface area contributed by atoms with E-state index in [-0.39, 0.29) is 12.5 Å². The lowest BCUT2D eigenvalue weighted by Crippen LogP contribution is -2.49. The Hall–Kier alpha value is -2.04. The minimum Gasteiger partial charge on any atom is -0.484 e. The van der Waals surface area contributed by atoms with Crippen LogP contribution in [0.2, 0.25) is 5.02 Å². The molecule has 1 amide bonds. The van der Waals surface area contributed by atoms with E-state index in [1.54, 1.807) is 0 Å². The van der Waals surface area contributed by atoms with Crippen molar-refractivity contribution in [3.05, 3.63) is 64.2 Å². The Balaban J connectivity index is 1.45. The molecule has 0 N–H and O–H groups in total. The van der Waals surface area contributed by atoms with Gasteiger partial charge in [-0.1, -0.05) is 43.6 Å². The van der Waals surface area contributed by atoms with Gasteiger partial charge in [0.25, 0.3) is 5.91 Å². The molecule has 0 unspecified atom stereocenters. The molecule has 1 fully saturated rings. The smallest absolute Gasteiger partial charge is 0.260 e. The van der Waals surface area contributed by atoms with E-state index in [1.165, 1.54) is 16.7 Å². The van der Waals surface area contributed by atoms with E-state index in [0.29, 0.717) is 5.92 Å². The number of hydrogen-bond donors (Lipinski definition) is 0. The summed E-state index contributed by atoms with van der Waals surface area (Å²) in [7, 11) is 0. The number of nitrogens with zero attached hydrogens (tertiary/aromatic N) is 2. The third kappa shape index (κ3) is 5.49. The van der Waals surface area contributed by atoms with E-state index in [9.17, 15) is 4.79 Å². The number of rotatable bonds is 6. The van der Waals surface area contributed by atoms with Crippen LogP contribution in [0, 0.1) is 6.92 Å².